The van der Waals surface area contributed by atoms with E-state index in [1.54, 1.807) is 24.3 Å². The van der Waals surface area contributed by atoms with E-state index in [0.29, 0.717) is 22.5 Å². The highest BCUT2D eigenvalue weighted by molar-refractivity contribution is 7.17. The third-order valence-electron chi connectivity index (χ3n) is 4.41. The summed E-state index contributed by atoms with van der Waals surface area (Å²) in [6, 6.07) is 16.8. The predicted molar refractivity (Wildman–Crippen MR) is 116 cm³/mol. The first-order valence-corrected chi connectivity index (χ1v) is 10.1. The number of ether oxygens (including phenoxy) is 1. The number of hydrogen-bond donors (Lipinski definition) is 1. The van der Waals surface area contributed by atoms with Crippen LogP contribution in [0, 0.1) is 0 Å². The lowest BCUT2D eigenvalue weighted by atomic mass is 10.1. The standard InChI is InChI=1S/C22H19N3O3S/c1-2-28-17-10-8-16(9-11-17)24-19(26)12-25-14-23-21-20(22(25)27)18(13-29-21)15-6-4-3-5-7-15/h3-11,13-14H,2,12H2,1H3,(H,24,26). The van der Waals surface area contributed by atoms with Gasteiger partial charge in [-0.3, -0.25) is 14.2 Å². The van der Waals surface area contributed by atoms with Gasteiger partial charge < -0.3 is 10.1 Å². The fourth-order valence-corrected chi connectivity index (χ4v) is 3.97. The Labute approximate surface area is 171 Å². The molecule has 0 aliphatic carbocycles. The largest absolute Gasteiger partial charge is 0.494 e. The molecule has 146 valence electrons. The van der Waals surface area contributed by atoms with Crippen molar-refractivity contribution in [2.24, 2.45) is 0 Å². The summed E-state index contributed by atoms with van der Waals surface area (Å²) in [5.74, 6) is 0.441. The van der Waals surface area contributed by atoms with E-state index in [9.17, 15) is 9.59 Å². The van der Waals surface area contributed by atoms with Crippen LogP contribution in [0.25, 0.3) is 21.3 Å². The van der Waals surface area contributed by atoms with Crippen molar-refractivity contribution in [2.75, 3.05) is 11.9 Å². The van der Waals surface area contributed by atoms with Gasteiger partial charge in [0.2, 0.25) is 5.91 Å². The number of amides is 1. The third kappa shape index (κ3) is 4.05. The molecule has 0 aliphatic heterocycles. The van der Waals surface area contributed by atoms with Crippen LogP contribution in [0.1, 0.15) is 6.92 Å². The molecular weight excluding hydrogens is 386 g/mol. The summed E-state index contributed by atoms with van der Waals surface area (Å²) in [5.41, 5.74) is 2.21. The van der Waals surface area contributed by atoms with Crippen molar-refractivity contribution in [3.8, 4) is 16.9 Å². The highest BCUT2D eigenvalue weighted by atomic mass is 32.1. The van der Waals surface area contributed by atoms with Gasteiger partial charge in [-0.05, 0) is 36.8 Å². The minimum atomic E-state index is -0.297. The summed E-state index contributed by atoms with van der Waals surface area (Å²) < 4.78 is 6.73. The molecule has 0 bridgehead atoms. The molecule has 4 aromatic rings. The molecule has 2 aromatic heterocycles. The van der Waals surface area contributed by atoms with Crippen LogP contribution < -0.4 is 15.6 Å². The molecule has 0 saturated carbocycles. The number of nitrogens with zero attached hydrogens (tertiary/aromatic N) is 2. The number of rotatable bonds is 6. The Kier molecular flexibility index (Phi) is 5.39. The zero-order chi connectivity index (χ0) is 20.2. The van der Waals surface area contributed by atoms with E-state index in [-0.39, 0.29) is 18.0 Å². The number of carbonyl (C=O) groups is 1. The normalized spacial score (nSPS) is 10.8. The van der Waals surface area contributed by atoms with Gasteiger partial charge >= 0.3 is 0 Å². The lowest BCUT2D eigenvalue weighted by Gasteiger charge is -2.09. The van der Waals surface area contributed by atoms with Crippen molar-refractivity contribution >= 4 is 33.1 Å². The number of benzene rings is 2. The van der Waals surface area contributed by atoms with Crippen LogP contribution in [-0.4, -0.2) is 22.1 Å². The fraction of sp³-hybridized carbons (Fsp3) is 0.136. The van der Waals surface area contributed by atoms with Crippen LogP contribution in [0.2, 0.25) is 0 Å². The molecule has 0 aliphatic rings. The topological polar surface area (TPSA) is 73.2 Å². The van der Waals surface area contributed by atoms with Gasteiger partial charge in [-0.2, -0.15) is 0 Å². The molecule has 0 radical (unpaired) electrons. The van der Waals surface area contributed by atoms with E-state index in [0.717, 1.165) is 16.9 Å². The molecule has 29 heavy (non-hydrogen) atoms. The van der Waals surface area contributed by atoms with Gasteiger partial charge in [-0.15, -0.1) is 11.3 Å². The van der Waals surface area contributed by atoms with E-state index >= 15 is 0 Å². The van der Waals surface area contributed by atoms with E-state index in [1.165, 1.54) is 22.2 Å². The second kappa shape index (κ2) is 8.28. The van der Waals surface area contributed by atoms with Crippen molar-refractivity contribution in [2.45, 2.75) is 13.5 Å². The Morgan fingerprint density at radius 1 is 1.14 bits per heavy atom. The van der Waals surface area contributed by atoms with Crippen molar-refractivity contribution in [1.82, 2.24) is 9.55 Å². The number of nitrogens with one attached hydrogen (secondary N) is 1. The van der Waals surface area contributed by atoms with Crippen LogP contribution in [0.5, 0.6) is 5.75 Å². The molecule has 0 saturated heterocycles. The smallest absolute Gasteiger partial charge is 0.263 e. The first kappa shape index (κ1) is 18.9. The highest BCUT2D eigenvalue weighted by Crippen LogP contribution is 2.30. The molecule has 0 spiro atoms. The molecular formula is C22H19N3O3S. The van der Waals surface area contributed by atoms with E-state index < -0.39 is 0 Å². The Morgan fingerprint density at radius 3 is 2.62 bits per heavy atom. The van der Waals surface area contributed by atoms with Crippen molar-refractivity contribution in [1.29, 1.82) is 0 Å². The van der Waals surface area contributed by atoms with Gasteiger partial charge in [0.05, 0.1) is 18.3 Å². The maximum atomic E-state index is 13.0. The molecule has 0 atom stereocenters. The fourth-order valence-electron chi connectivity index (χ4n) is 3.07. The zero-order valence-electron chi connectivity index (χ0n) is 15.8. The lowest BCUT2D eigenvalue weighted by molar-refractivity contribution is -0.116. The summed E-state index contributed by atoms with van der Waals surface area (Å²) in [5, 5.41) is 5.26. The molecule has 0 fully saturated rings. The SMILES string of the molecule is CCOc1ccc(NC(=O)Cn2cnc3scc(-c4ccccc4)c3c2=O)cc1. The number of aromatic nitrogens is 2. The van der Waals surface area contributed by atoms with Crippen molar-refractivity contribution in [3.63, 3.8) is 0 Å². The summed E-state index contributed by atoms with van der Waals surface area (Å²) in [7, 11) is 0. The minimum Gasteiger partial charge on any atom is -0.494 e. The number of carbonyl (C=O) groups excluding carboxylic acids is 1. The second-order valence-corrected chi connectivity index (χ2v) is 7.24. The zero-order valence-corrected chi connectivity index (χ0v) is 16.6. The average Bonchev–Trinajstić information content (AvgIpc) is 3.17. The first-order chi connectivity index (χ1) is 14.2. The van der Waals surface area contributed by atoms with Crippen molar-refractivity contribution < 1.29 is 9.53 Å². The van der Waals surface area contributed by atoms with Crippen LogP contribution in [0.4, 0.5) is 5.69 Å². The van der Waals surface area contributed by atoms with Gasteiger partial charge in [-0.25, -0.2) is 4.98 Å². The monoisotopic (exact) mass is 405 g/mol. The Bertz CT molecular complexity index is 1200. The van der Waals surface area contributed by atoms with Crippen LogP contribution in [0.15, 0.2) is 71.1 Å². The summed E-state index contributed by atoms with van der Waals surface area (Å²) >= 11 is 1.42. The number of thiophene rings is 1. The van der Waals surface area contributed by atoms with Gasteiger partial charge in [0.1, 0.15) is 17.1 Å². The van der Waals surface area contributed by atoms with Crippen LogP contribution in [0.3, 0.4) is 0 Å². The molecule has 2 heterocycles. The summed E-state index contributed by atoms with van der Waals surface area (Å²) in [6.45, 7) is 2.38. The summed E-state index contributed by atoms with van der Waals surface area (Å²) in [4.78, 5) is 30.5. The maximum absolute atomic E-state index is 13.0. The number of fused-ring (bicyclic) bond motifs is 1. The molecule has 1 amide bonds. The Balaban J connectivity index is 1.57. The van der Waals surface area contributed by atoms with E-state index in [2.05, 4.69) is 10.3 Å². The third-order valence-corrected chi connectivity index (χ3v) is 5.29. The Hall–Kier alpha value is -3.45. The first-order valence-electron chi connectivity index (χ1n) is 9.20. The second-order valence-electron chi connectivity index (χ2n) is 6.38. The Morgan fingerprint density at radius 2 is 1.90 bits per heavy atom. The molecule has 2 aromatic carbocycles. The van der Waals surface area contributed by atoms with E-state index in [1.807, 2.05) is 42.6 Å². The van der Waals surface area contributed by atoms with Crippen LogP contribution >= 0.6 is 11.3 Å². The van der Waals surface area contributed by atoms with Crippen molar-refractivity contribution in [3.05, 3.63) is 76.7 Å². The van der Waals surface area contributed by atoms with Gasteiger partial charge in [0.15, 0.2) is 0 Å². The van der Waals surface area contributed by atoms with Gasteiger partial charge in [0.25, 0.3) is 5.56 Å². The molecule has 6 nitrogen and oxygen atoms in total. The summed E-state index contributed by atoms with van der Waals surface area (Å²) in [6.07, 6.45) is 1.42. The molecule has 1 N–H and O–H groups in total. The molecule has 0 unspecified atom stereocenters. The average molecular weight is 405 g/mol. The van der Waals surface area contributed by atoms with Gasteiger partial charge in [-0.1, -0.05) is 30.3 Å². The maximum Gasteiger partial charge on any atom is 0.263 e. The lowest BCUT2D eigenvalue weighted by Crippen LogP contribution is -2.27. The highest BCUT2D eigenvalue weighted by Gasteiger charge is 2.14. The predicted octanol–water partition coefficient (Wildman–Crippen LogP) is 4.16. The molecule has 7 heteroatoms. The van der Waals surface area contributed by atoms with E-state index in [4.69, 9.17) is 4.74 Å². The number of hydrogen-bond acceptors (Lipinski definition) is 5. The number of anilines is 1. The minimum absolute atomic E-state index is 0.112. The molecule has 4 rings (SSSR count). The van der Waals surface area contributed by atoms with Gasteiger partial charge in [0, 0.05) is 16.6 Å². The quantitative estimate of drug-likeness (QED) is 0.523. The van der Waals surface area contributed by atoms with Crippen LogP contribution in [-0.2, 0) is 11.3 Å².